The largest absolute Gasteiger partial charge is 0.378 e. The molecule has 1 spiro atoms. The SMILES string of the molecule is CCNC(=NCCOCCS(C)(=O)=O)N1CCSC2(CCCCC2)C1.I. The Kier molecular flexibility index (Phi) is 11.2. The Bertz CT molecular complexity index is 532. The van der Waals surface area contributed by atoms with Gasteiger partial charge in [-0.15, -0.1) is 24.0 Å². The van der Waals surface area contributed by atoms with Gasteiger partial charge in [0.05, 0.1) is 25.5 Å². The van der Waals surface area contributed by atoms with E-state index in [-0.39, 0.29) is 36.3 Å². The van der Waals surface area contributed by atoms with E-state index in [1.54, 1.807) is 0 Å². The Morgan fingerprint density at radius 2 is 2.00 bits per heavy atom. The number of rotatable bonds is 7. The minimum Gasteiger partial charge on any atom is -0.378 e. The van der Waals surface area contributed by atoms with Gasteiger partial charge in [0.15, 0.2) is 5.96 Å². The molecule has 0 amide bonds. The maximum Gasteiger partial charge on any atom is 0.194 e. The van der Waals surface area contributed by atoms with Crippen LogP contribution in [0, 0.1) is 0 Å². The topological polar surface area (TPSA) is 71.0 Å². The van der Waals surface area contributed by atoms with Crippen LogP contribution < -0.4 is 5.32 Å². The highest BCUT2D eigenvalue weighted by atomic mass is 127. The van der Waals surface area contributed by atoms with E-state index in [2.05, 4.69) is 28.9 Å². The number of aliphatic imine (C=N–C) groups is 1. The number of hydrogen-bond acceptors (Lipinski definition) is 5. The molecule has 0 bridgehead atoms. The van der Waals surface area contributed by atoms with Crippen molar-refractivity contribution in [1.29, 1.82) is 0 Å². The van der Waals surface area contributed by atoms with Crippen LogP contribution in [0.1, 0.15) is 39.0 Å². The molecule has 1 saturated heterocycles. The molecule has 0 atom stereocenters. The minimum absolute atomic E-state index is 0. The Morgan fingerprint density at radius 1 is 1.27 bits per heavy atom. The number of nitrogens with one attached hydrogen (secondary N) is 1. The number of nitrogens with zero attached hydrogens (tertiary/aromatic N) is 2. The first-order valence-electron chi connectivity index (χ1n) is 9.37. The first kappa shape index (κ1) is 24.3. The zero-order chi connectivity index (χ0) is 18.2. The van der Waals surface area contributed by atoms with Crippen LogP contribution >= 0.6 is 35.7 Å². The van der Waals surface area contributed by atoms with Crippen LogP contribution in [0.4, 0.5) is 0 Å². The van der Waals surface area contributed by atoms with Gasteiger partial charge in [-0.2, -0.15) is 11.8 Å². The lowest BCUT2D eigenvalue weighted by molar-refractivity contribution is 0.157. The number of thioether (sulfide) groups is 1. The van der Waals surface area contributed by atoms with Crippen LogP contribution in [0.25, 0.3) is 0 Å². The van der Waals surface area contributed by atoms with Gasteiger partial charge in [0.1, 0.15) is 9.84 Å². The van der Waals surface area contributed by atoms with Crippen LogP contribution in [-0.4, -0.2) is 81.2 Å². The van der Waals surface area contributed by atoms with Crippen LogP contribution in [0.15, 0.2) is 4.99 Å². The van der Waals surface area contributed by atoms with Crippen molar-refractivity contribution in [3.05, 3.63) is 0 Å². The summed E-state index contributed by atoms with van der Waals surface area (Å²) in [6.45, 7) is 6.32. The van der Waals surface area contributed by atoms with E-state index >= 15 is 0 Å². The molecule has 2 fully saturated rings. The lowest BCUT2D eigenvalue weighted by Crippen LogP contribution is -2.53. The van der Waals surface area contributed by atoms with E-state index in [4.69, 9.17) is 9.73 Å². The fourth-order valence-electron chi connectivity index (χ4n) is 3.48. The third-order valence-electron chi connectivity index (χ3n) is 4.74. The molecule has 2 rings (SSSR count). The zero-order valence-corrected chi connectivity index (χ0v) is 20.0. The quantitative estimate of drug-likeness (QED) is 0.241. The molecule has 1 aliphatic heterocycles. The van der Waals surface area contributed by atoms with Crippen molar-refractivity contribution in [3.63, 3.8) is 0 Å². The van der Waals surface area contributed by atoms with E-state index < -0.39 is 9.84 Å². The summed E-state index contributed by atoms with van der Waals surface area (Å²) < 4.78 is 28.0. The van der Waals surface area contributed by atoms with Crippen molar-refractivity contribution in [2.24, 2.45) is 4.99 Å². The highest BCUT2D eigenvalue weighted by molar-refractivity contribution is 14.0. The average molecular weight is 520 g/mol. The lowest BCUT2D eigenvalue weighted by Gasteiger charge is -2.45. The smallest absolute Gasteiger partial charge is 0.194 e. The predicted octanol–water partition coefficient (Wildman–Crippen LogP) is 2.38. The van der Waals surface area contributed by atoms with E-state index in [9.17, 15) is 8.42 Å². The van der Waals surface area contributed by atoms with E-state index in [0.29, 0.717) is 17.9 Å². The fourth-order valence-corrected chi connectivity index (χ4v) is 5.47. The summed E-state index contributed by atoms with van der Waals surface area (Å²) in [7, 11) is -2.95. The normalized spacial score (nSPS) is 20.7. The molecule has 0 radical (unpaired) electrons. The van der Waals surface area contributed by atoms with Crippen molar-refractivity contribution in [2.45, 2.75) is 43.8 Å². The van der Waals surface area contributed by atoms with Gasteiger partial charge in [-0.3, -0.25) is 4.99 Å². The molecule has 0 aromatic heterocycles. The minimum atomic E-state index is -2.95. The highest BCUT2D eigenvalue weighted by Crippen LogP contribution is 2.42. The molecule has 1 heterocycles. The summed E-state index contributed by atoms with van der Waals surface area (Å²) in [4.78, 5) is 7.10. The molecule has 26 heavy (non-hydrogen) atoms. The molecular formula is C17H34IN3O3S2. The second-order valence-electron chi connectivity index (χ2n) is 6.99. The Morgan fingerprint density at radius 3 is 2.65 bits per heavy atom. The molecule has 0 aromatic rings. The van der Waals surface area contributed by atoms with Crippen molar-refractivity contribution < 1.29 is 13.2 Å². The summed E-state index contributed by atoms with van der Waals surface area (Å²) in [5.41, 5.74) is 0. The van der Waals surface area contributed by atoms with Crippen LogP contribution in [0.5, 0.6) is 0 Å². The van der Waals surface area contributed by atoms with Gasteiger partial charge in [0, 0.05) is 36.4 Å². The maximum absolute atomic E-state index is 11.1. The molecule has 9 heteroatoms. The standard InChI is InChI=1S/C17H33N3O3S2.HI/c1-3-18-16(19-9-11-23-12-14-25(2,21)22)20-10-13-24-17(15-20)7-5-4-6-8-17;/h3-15H2,1-2H3,(H,18,19);1H. The molecule has 0 unspecified atom stereocenters. The summed E-state index contributed by atoms with van der Waals surface area (Å²) in [5, 5.41) is 3.40. The zero-order valence-electron chi connectivity index (χ0n) is 16.0. The Labute approximate surface area is 180 Å². The van der Waals surface area contributed by atoms with E-state index in [1.807, 2.05) is 0 Å². The van der Waals surface area contributed by atoms with Crippen molar-refractivity contribution in [1.82, 2.24) is 10.2 Å². The van der Waals surface area contributed by atoms with Gasteiger partial charge < -0.3 is 15.0 Å². The van der Waals surface area contributed by atoms with E-state index in [0.717, 1.165) is 31.3 Å². The van der Waals surface area contributed by atoms with Gasteiger partial charge in [-0.25, -0.2) is 8.42 Å². The van der Waals surface area contributed by atoms with Crippen LogP contribution in [0.2, 0.25) is 0 Å². The molecule has 0 aromatic carbocycles. The number of ether oxygens (including phenoxy) is 1. The fraction of sp³-hybridized carbons (Fsp3) is 0.941. The van der Waals surface area contributed by atoms with Gasteiger partial charge in [-0.1, -0.05) is 19.3 Å². The maximum atomic E-state index is 11.1. The number of hydrogen-bond donors (Lipinski definition) is 1. The van der Waals surface area contributed by atoms with Gasteiger partial charge in [0.2, 0.25) is 0 Å². The van der Waals surface area contributed by atoms with Crippen molar-refractivity contribution >= 4 is 51.5 Å². The highest BCUT2D eigenvalue weighted by Gasteiger charge is 2.38. The van der Waals surface area contributed by atoms with Crippen LogP contribution in [-0.2, 0) is 14.6 Å². The molecule has 6 nitrogen and oxygen atoms in total. The number of guanidine groups is 1. The predicted molar refractivity (Wildman–Crippen MR) is 122 cm³/mol. The van der Waals surface area contributed by atoms with Gasteiger partial charge >= 0.3 is 0 Å². The summed E-state index contributed by atoms with van der Waals surface area (Å²) in [5.74, 6) is 2.21. The Balaban J connectivity index is 0.00000338. The third kappa shape index (κ3) is 8.52. The summed E-state index contributed by atoms with van der Waals surface area (Å²) >= 11 is 2.16. The van der Waals surface area contributed by atoms with Crippen LogP contribution in [0.3, 0.4) is 0 Å². The van der Waals surface area contributed by atoms with E-state index in [1.165, 1.54) is 38.4 Å². The first-order chi connectivity index (χ1) is 11.9. The Hall–Kier alpha value is 0.260. The average Bonchev–Trinajstić information content (AvgIpc) is 2.57. The molecule has 154 valence electrons. The summed E-state index contributed by atoms with van der Waals surface area (Å²) in [6.07, 6.45) is 7.95. The van der Waals surface area contributed by atoms with Gasteiger partial charge in [0.25, 0.3) is 0 Å². The van der Waals surface area contributed by atoms with Crippen molar-refractivity contribution in [3.8, 4) is 0 Å². The third-order valence-corrected chi connectivity index (χ3v) is 7.19. The molecule has 1 saturated carbocycles. The molecule has 2 aliphatic rings. The lowest BCUT2D eigenvalue weighted by atomic mass is 9.87. The van der Waals surface area contributed by atoms with Gasteiger partial charge in [-0.05, 0) is 19.8 Å². The first-order valence-corrected chi connectivity index (χ1v) is 12.4. The monoisotopic (exact) mass is 519 g/mol. The molecule has 1 aliphatic carbocycles. The second-order valence-corrected chi connectivity index (χ2v) is 10.8. The number of sulfone groups is 1. The summed E-state index contributed by atoms with van der Waals surface area (Å²) in [6, 6.07) is 0. The molecule has 1 N–H and O–H groups in total. The number of halogens is 1. The second kappa shape index (κ2) is 12.0. The molecular weight excluding hydrogens is 485 g/mol. The van der Waals surface area contributed by atoms with Crippen molar-refractivity contribution in [2.75, 3.05) is 57.2 Å².